The van der Waals surface area contributed by atoms with Crippen molar-refractivity contribution in [3.8, 4) is 11.8 Å². The number of amides is 1. The van der Waals surface area contributed by atoms with E-state index in [0.717, 1.165) is 24.3 Å². The Morgan fingerprint density at radius 2 is 2.20 bits per heavy atom. The maximum absolute atomic E-state index is 11.8. The molecule has 1 heterocycles. The van der Waals surface area contributed by atoms with Crippen LogP contribution in [-0.4, -0.2) is 24.0 Å². The normalized spacial score (nSPS) is 10.0. The number of carbonyl (C=O) groups excluding carboxylic acids is 1. The molecule has 0 fully saturated rings. The molecule has 0 aliphatic heterocycles. The maximum atomic E-state index is 11.8. The Labute approximate surface area is 121 Å². The zero-order valence-corrected chi connectivity index (χ0v) is 12.3. The quantitative estimate of drug-likeness (QED) is 0.615. The zero-order chi connectivity index (χ0) is 14.8. The summed E-state index contributed by atoms with van der Waals surface area (Å²) >= 11 is 0. The van der Waals surface area contributed by atoms with E-state index in [1.54, 1.807) is 18.3 Å². The molecule has 0 aliphatic rings. The SMILES string of the molecule is CC(C)CCCCNC(=O)c1ccc(C#CCN)cn1. The Kier molecular flexibility index (Phi) is 7.38. The third-order valence-electron chi connectivity index (χ3n) is 2.82. The van der Waals surface area contributed by atoms with Crippen molar-refractivity contribution in [3.05, 3.63) is 29.6 Å². The van der Waals surface area contributed by atoms with Crippen LogP contribution in [0, 0.1) is 17.8 Å². The average Bonchev–Trinajstić information content (AvgIpc) is 2.44. The van der Waals surface area contributed by atoms with E-state index in [1.165, 1.54) is 6.42 Å². The molecule has 0 bridgehead atoms. The van der Waals surface area contributed by atoms with Gasteiger partial charge in [-0.1, -0.05) is 38.5 Å². The van der Waals surface area contributed by atoms with E-state index in [4.69, 9.17) is 5.73 Å². The van der Waals surface area contributed by atoms with Crippen LogP contribution in [0.5, 0.6) is 0 Å². The molecule has 0 aliphatic carbocycles. The largest absolute Gasteiger partial charge is 0.351 e. The van der Waals surface area contributed by atoms with E-state index in [0.29, 0.717) is 18.8 Å². The third kappa shape index (κ3) is 6.35. The Hall–Kier alpha value is -1.86. The molecule has 20 heavy (non-hydrogen) atoms. The zero-order valence-electron chi connectivity index (χ0n) is 12.3. The van der Waals surface area contributed by atoms with Crippen LogP contribution in [0.15, 0.2) is 18.3 Å². The summed E-state index contributed by atoms with van der Waals surface area (Å²) in [6.45, 7) is 5.43. The van der Waals surface area contributed by atoms with Gasteiger partial charge in [0.15, 0.2) is 0 Å². The van der Waals surface area contributed by atoms with Crippen molar-refractivity contribution in [2.75, 3.05) is 13.1 Å². The summed E-state index contributed by atoms with van der Waals surface area (Å²) in [6, 6.07) is 3.47. The van der Waals surface area contributed by atoms with Crippen LogP contribution in [0.1, 0.15) is 49.2 Å². The van der Waals surface area contributed by atoms with E-state index < -0.39 is 0 Å². The van der Waals surface area contributed by atoms with Crippen LogP contribution in [0.3, 0.4) is 0 Å². The van der Waals surface area contributed by atoms with Gasteiger partial charge in [-0.15, -0.1) is 0 Å². The lowest BCUT2D eigenvalue weighted by atomic mass is 10.1. The lowest BCUT2D eigenvalue weighted by Crippen LogP contribution is -2.25. The molecule has 0 unspecified atom stereocenters. The molecule has 0 atom stereocenters. The molecule has 0 spiro atoms. The van der Waals surface area contributed by atoms with Gasteiger partial charge in [-0.3, -0.25) is 4.79 Å². The molecule has 1 aromatic heterocycles. The van der Waals surface area contributed by atoms with Gasteiger partial charge < -0.3 is 11.1 Å². The molecule has 1 rings (SSSR count). The first-order valence-corrected chi connectivity index (χ1v) is 7.06. The monoisotopic (exact) mass is 273 g/mol. The van der Waals surface area contributed by atoms with Crippen molar-refractivity contribution in [1.82, 2.24) is 10.3 Å². The van der Waals surface area contributed by atoms with Crippen molar-refractivity contribution < 1.29 is 4.79 Å². The smallest absolute Gasteiger partial charge is 0.269 e. The average molecular weight is 273 g/mol. The molecule has 4 nitrogen and oxygen atoms in total. The van der Waals surface area contributed by atoms with Crippen molar-refractivity contribution in [2.24, 2.45) is 11.7 Å². The predicted molar refractivity (Wildman–Crippen MR) is 81.2 cm³/mol. The Morgan fingerprint density at radius 1 is 1.40 bits per heavy atom. The van der Waals surface area contributed by atoms with Gasteiger partial charge in [0.05, 0.1) is 6.54 Å². The van der Waals surface area contributed by atoms with E-state index in [1.807, 2.05) is 0 Å². The number of hydrogen-bond acceptors (Lipinski definition) is 3. The van der Waals surface area contributed by atoms with E-state index in [2.05, 4.69) is 36.0 Å². The highest BCUT2D eigenvalue weighted by Crippen LogP contribution is 2.05. The Bertz CT molecular complexity index is 469. The van der Waals surface area contributed by atoms with Crippen LogP contribution in [0.2, 0.25) is 0 Å². The minimum atomic E-state index is -0.132. The molecule has 1 aromatic rings. The summed E-state index contributed by atoms with van der Waals surface area (Å²) in [5.74, 6) is 6.21. The molecule has 0 saturated heterocycles. The van der Waals surface area contributed by atoms with Gasteiger partial charge in [-0.25, -0.2) is 4.98 Å². The predicted octanol–water partition coefficient (Wildman–Crippen LogP) is 1.95. The number of nitrogens with zero attached hydrogens (tertiary/aromatic N) is 1. The Balaban J connectivity index is 2.36. The maximum Gasteiger partial charge on any atom is 0.269 e. The molecule has 3 N–H and O–H groups in total. The minimum Gasteiger partial charge on any atom is -0.351 e. The lowest BCUT2D eigenvalue weighted by Gasteiger charge is -2.06. The molecular formula is C16H23N3O. The third-order valence-corrected chi connectivity index (χ3v) is 2.82. The van der Waals surface area contributed by atoms with Gasteiger partial charge >= 0.3 is 0 Å². The standard InChI is InChI=1S/C16H23N3O/c1-13(2)6-3-4-11-18-16(20)15-9-8-14(12-19-15)7-5-10-17/h8-9,12-13H,3-4,6,10-11,17H2,1-2H3,(H,18,20). The van der Waals surface area contributed by atoms with Crippen molar-refractivity contribution in [2.45, 2.75) is 33.1 Å². The van der Waals surface area contributed by atoms with Gasteiger partial charge in [0.1, 0.15) is 5.69 Å². The number of nitrogens with one attached hydrogen (secondary N) is 1. The second-order valence-corrected chi connectivity index (χ2v) is 5.08. The van der Waals surface area contributed by atoms with Crippen LogP contribution < -0.4 is 11.1 Å². The van der Waals surface area contributed by atoms with E-state index in [9.17, 15) is 4.79 Å². The summed E-state index contributed by atoms with van der Waals surface area (Å²) in [4.78, 5) is 15.9. The fraction of sp³-hybridized carbons (Fsp3) is 0.500. The molecular weight excluding hydrogens is 250 g/mol. The molecule has 4 heteroatoms. The molecule has 0 radical (unpaired) electrons. The van der Waals surface area contributed by atoms with Gasteiger partial charge in [0.25, 0.3) is 5.91 Å². The summed E-state index contributed by atoms with van der Waals surface area (Å²) in [6.07, 6.45) is 4.93. The summed E-state index contributed by atoms with van der Waals surface area (Å²) in [5.41, 5.74) is 6.49. The number of carbonyl (C=O) groups is 1. The number of hydrogen-bond donors (Lipinski definition) is 2. The van der Waals surface area contributed by atoms with Crippen LogP contribution in [-0.2, 0) is 0 Å². The van der Waals surface area contributed by atoms with Crippen molar-refractivity contribution in [3.63, 3.8) is 0 Å². The summed E-state index contributed by atoms with van der Waals surface area (Å²) in [5, 5.41) is 2.88. The number of aromatic nitrogens is 1. The number of rotatable bonds is 6. The second kappa shape index (κ2) is 9.11. The van der Waals surface area contributed by atoms with Crippen LogP contribution >= 0.6 is 0 Å². The molecule has 108 valence electrons. The minimum absolute atomic E-state index is 0.132. The first kappa shape index (κ1) is 16.2. The van der Waals surface area contributed by atoms with Crippen LogP contribution in [0.4, 0.5) is 0 Å². The van der Waals surface area contributed by atoms with Crippen molar-refractivity contribution >= 4 is 5.91 Å². The molecule has 1 amide bonds. The first-order valence-electron chi connectivity index (χ1n) is 7.06. The van der Waals surface area contributed by atoms with Gasteiger partial charge in [-0.05, 0) is 24.5 Å². The lowest BCUT2D eigenvalue weighted by molar-refractivity contribution is 0.0948. The van der Waals surface area contributed by atoms with Gasteiger partial charge in [0, 0.05) is 18.3 Å². The van der Waals surface area contributed by atoms with E-state index in [-0.39, 0.29) is 5.91 Å². The Morgan fingerprint density at radius 3 is 2.80 bits per heavy atom. The van der Waals surface area contributed by atoms with Gasteiger partial charge in [-0.2, -0.15) is 0 Å². The van der Waals surface area contributed by atoms with Crippen LogP contribution in [0.25, 0.3) is 0 Å². The topological polar surface area (TPSA) is 68.0 Å². The summed E-state index contributed by atoms with van der Waals surface area (Å²) < 4.78 is 0. The van der Waals surface area contributed by atoms with Crippen molar-refractivity contribution in [1.29, 1.82) is 0 Å². The number of nitrogens with two attached hydrogens (primary N) is 1. The fourth-order valence-electron chi connectivity index (χ4n) is 1.73. The summed E-state index contributed by atoms with van der Waals surface area (Å²) in [7, 11) is 0. The molecule has 0 aromatic carbocycles. The highest BCUT2D eigenvalue weighted by Gasteiger charge is 2.05. The highest BCUT2D eigenvalue weighted by molar-refractivity contribution is 5.92. The number of pyridine rings is 1. The second-order valence-electron chi connectivity index (χ2n) is 5.08. The van der Waals surface area contributed by atoms with E-state index >= 15 is 0 Å². The molecule has 0 saturated carbocycles. The number of unbranched alkanes of at least 4 members (excludes halogenated alkanes) is 1. The highest BCUT2D eigenvalue weighted by atomic mass is 16.1. The van der Waals surface area contributed by atoms with Gasteiger partial charge in [0.2, 0.25) is 0 Å². The fourth-order valence-corrected chi connectivity index (χ4v) is 1.73. The first-order chi connectivity index (χ1) is 9.63.